The van der Waals surface area contributed by atoms with Crippen LogP contribution in [0.1, 0.15) is 29.9 Å². The number of rotatable bonds is 4. The Hall–Kier alpha value is -1.26. The van der Waals surface area contributed by atoms with E-state index in [9.17, 15) is 0 Å². The summed E-state index contributed by atoms with van der Waals surface area (Å²) in [5, 5.41) is 0. The van der Waals surface area contributed by atoms with Gasteiger partial charge in [0.15, 0.2) is 6.10 Å². The van der Waals surface area contributed by atoms with Crippen LogP contribution in [0.25, 0.3) is 0 Å². The molecule has 2 unspecified atom stereocenters. The van der Waals surface area contributed by atoms with Gasteiger partial charge in [0.2, 0.25) is 0 Å². The molecule has 1 heterocycles. The molecule has 1 aromatic carbocycles. The summed E-state index contributed by atoms with van der Waals surface area (Å²) in [6, 6.07) is 7.55. The summed E-state index contributed by atoms with van der Waals surface area (Å²) < 4.78 is 12.5. The van der Waals surface area contributed by atoms with Crippen molar-refractivity contribution >= 4 is 15.9 Å². The molecule has 0 fully saturated rings. The largest absolute Gasteiger partial charge is 0.481 e. The topological polar surface area (TPSA) is 48.4 Å². The minimum absolute atomic E-state index is 0.157. The first-order chi connectivity index (χ1) is 8.99. The Morgan fingerprint density at radius 2 is 1.89 bits per heavy atom. The number of nitrogens with two attached hydrogens (primary N) is 1. The van der Waals surface area contributed by atoms with Crippen molar-refractivity contribution in [3.8, 4) is 5.75 Å². The second kappa shape index (κ2) is 5.80. The van der Waals surface area contributed by atoms with Crippen LogP contribution in [0.2, 0.25) is 0 Å². The maximum absolute atomic E-state index is 6.00. The Morgan fingerprint density at radius 3 is 2.37 bits per heavy atom. The molecular formula is C15H18BrNO2. The number of ether oxygens (including phenoxy) is 1. The molecule has 0 radical (unpaired) electrons. The lowest BCUT2D eigenvalue weighted by atomic mass is 10.1. The lowest BCUT2D eigenvalue weighted by Crippen LogP contribution is -2.28. The second-order valence-electron chi connectivity index (χ2n) is 4.78. The van der Waals surface area contributed by atoms with E-state index in [1.54, 1.807) is 6.26 Å². The highest BCUT2D eigenvalue weighted by molar-refractivity contribution is 9.10. The standard InChI is InChI=1S/C15H18BrNO2/c1-9-7-12(8-10(2)14(9)16)19-15(11(3)17)13-5-4-6-18-13/h4-8,11,15H,17H2,1-3H3. The summed E-state index contributed by atoms with van der Waals surface area (Å²) in [6.45, 7) is 5.99. The zero-order chi connectivity index (χ0) is 14.0. The summed E-state index contributed by atoms with van der Waals surface area (Å²) in [6.07, 6.45) is 1.35. The van der Waals surface area contributed by atoms with E-state index < -0.39 is 0 Å². The van der Waals surface area contributed by atoms with Gasteiger partial charge in [0.25, 0.3) is 0 Å². The predicted octanol–water partition coefficient (Wildman–Crippen LogP) is 4.13. The third kappa shape index (κ3) is 3.19. The van der Waals surface area contributed by atoms with Crippen LogP contribution in [0.5, 0.6) is 5.75 Å². The molecule has 102 valence electrons. The molecule has 0 aliphatic carbocycles. The van der Waals surface area contributed by atoms with Gasteiger partial charge in [-0.2, -0.15) is 0 Å². The Balaban J connectivity index is 2.28. The van der Waals surface area contributed by atoms with E-state index in [1.165, 1.54) is 0 Å². The summed E-state index contributed by atoms with van der Waals surface area (Å²) in [7, 11) is 0. The van der Waals surface area contributed by atoms with E-state index in [-0.39, 0.29) is 12.1 Å². The highest BCUT2D eigenvalue weighted by Gasteiger charge is 2.21. The van der Waals surface area contributed by atoms with Gasteiger partial charge in [0.05, 0.1) is 6.26 Å². The van der Waals surface area contributed by atoms with E-state index in [0.29, 0.717) is 0 Å². The van der Waals surface area contributed by atoms with Gasteiger partial charge in [-0.3, -0.25) is 0 Å². The fourth-order valence-electron chi connectivity index (χ4n) is 2.00. The first kappa shape index (κ1) is 14.2. The van der Waals surface area contributed by atoms with Crippen LogP contribution in [0, 0.1) is 13.8 Å². The van der Waals surface area contributed by atoms with Gasteiger partial charge in [-0.25, -0.2) is 0 Å². The Morgan fingerprint density at radius 1 is 1.26 bits per heavy atom. The highest BCUT2D eigenvalue weighted by Crippen LogP contribution is 2.30. The lowest BCUT2D eigenvalue weighted by Gasteiger charge is -2.21. The van der Waals surface area contributed by atoms with Gasteiger partial charge in [-0.05, 0) is 56.2 Å². The second-order valence-corrected chi connectivity index (χ2v) is 5.58. The van der Waals surface area contributed by atoms with Gasteiger partial charge in [0.1, 0.15) is 11.5 Å². The third-order valence-electron chi connectivity index (χ3n) is 2.97. The summed E-state index contributed by atoms with van der Waals surface area (Å²) in [5.41, 5.74) is 8.26. The van der Waals surface area contributed by atoms with Crippen molar-refractivity contribution in [1.29, 1.82) is 0 Å². The Labute approximate surface area is 121 Å². The molecule has 0 aliphatic heterocycles. The molecule has 3 nitrogen and oxygen atoms in total. The van der Waals surface area contributed by atoms with Crippen LogP contribution >= 0.6 is 15.9 Å². The molecule has 1 aromatic heterocycles. The summed E-state index contributed by atoms with van der Waals surface area (Å²) >= 11 is 3.55. The van der Waals surface area contributed by atoms with E-state index in [2.05, 4.69) is 15.9 Å². The quantitative estimate of drug-likeness (QED) is 0.920. The summed E-state index contributed by atoms with van der Waals surface area (Å²) in [5.74, 6) is 1.55. The first-order valence-electron chi connectivity index (χ1n) is 6.21. The van der Waals surface area contributed by atoms with Gasteiger partial charge in [-0.1, -0.05) is 15.9 Å². The monoisotopic (exact) mass is 323 g/mol. The molecule has 2 aromatic rings. The van der Waals surface area contributed by atoms with E-state index in [1.807, 2.05) is 45.0 Å². The molecular weight excluding hydrogens is 306 g/mol. The van der Waals surface area contributed by atoms with Crippen molar-refractivity contribution in [2.75, 3.05) is 0 Å². The van der Waals surface area contributed by atoms with Crippen molar-refractivity contribution in [1.82, 2.24) is 0 Å². The van der Waals surface area contributed by atoms with Crippen LogP contribution in [-0.2, 0) is 0 Å². The Kier molecular flexibility index (Phi) is 4.32. The minimum atomic E-state index is -0.282. The van der Waals surface area contributed by atoms with Crippen LogP contribution in [-0.4, -0.2) is 6.04 Å². The summed E-state index contributed by atoms with van der Waals surface area (Å²) in [4.78, 5) is 0. The number of halogens is 1. The van der Waals surface area contributed by atoms with Crippen molar-refractivity contribution in [2.24, 2.45) is 5.73 Å². The number of hydrogen-bond donors (Lipinski definition) is 1. The first-order valence-corrected chi connectivity index (χ1v) is 7.00. The average Bonchev–Trinajstić information content (AvgIpc) is 2.86. The fourth-order valence-corrected chi connectivity index (χ4v) is 2.23. The number of aryl methyl sites for hydroxylation is 2. The van der Waals surface area contributed by atoms with Gasteiger partial charge in [-0.15, -0.1) is 0 Å². The third-order valence-corrected chi connectivity index (χ3v) is 4.22. The SMILES string of the molecule is Cc1cc(OC(c2ccco2)C(C)N)cc(C)c1Br. The molecule has 0 amide bonds. The van der Waals surface area contributed by atoms with Crippen LogP contribution in [0.3, 0.4) is 0 Å². The van der Waals surface area contributed by atoms with Crippen LogP contribution < -0.4 is 10.5 Å². The van der Waals surface area contributed by atoms with Crippen molar-refractivity contribution in [3.63, 3.8) is 0 Å². The van der Waals surface area contributed by atoms with E-state index in [4.69, 9.17) is 14.9 Å². The number of hydrogen-bond acceptors (Lipinski definition) is 3. The molecule has 4 heteroatoms. The zero-order valence-corrected chi connectivity index (χ0v) is 12.9. The normalized spacial score (nSPS) is 14.2. The molecule has 2 rings (SSSR count). The number of furan rings is 1. The van der Waals surface area contributed by atoms with Crippen molar-refractivity contribution in [3.05, 3.63) is 51.9 Å². The number of benzene rings is 1. The fraction of sp³-hybridized carbons (Fsp3) is 0.333. The molecule has 0 saturated heterocycles. The lowest BCUT2D eigenvalue weighted by molar-refractivity contribution is 0.153. The highest BCUT2D eigenvalue weighted by atomic mass is 79.9. The smallest absolute Gasteiger partial charge is 0.171 e. The maximum atomic E-state index is 6.00. The van der Waals surface area contributed by atoms with Crippen LogP contribution in [0.4, 0.5) is 0 Å². The predicted molar refractivity (Wildman–Crippen MR) is 79.3 cm³/mol. The van der Waals surface area contributed by atoms with Crippen LogP contribution in [0.15, 0.2) is 39.4 Å². The van der Waals surface area contributed by atoms with E-state index in [0.717, 1.165) is 27.1 Å². The molecule has 2 atom stereocenters. The van der Waals surface area contributed by atoms with Gasteiger partial charge in [0, 0.05) is 10.5 Å². The molecule has 19 heavy (non-hydrogen) atoms. The zero-order valence-electron chi connectivity index (χ0n) is 11.3. The average molecular weight is 324 g/mol. The van der Waals surface area contributed by atoms with Gasteiger partial charge >= 0.3 is 0 Å². The van der Waals surface area contributed by atoms with E-state index >= 15 is 0 Å². The maximum Gasteiger partial charge on any atom is 0.171 e. The molecule has 2 N–H and O–H groups in total. The molecule has 0 bridgehead atoms. The van der Waals surface area contributed by atoms with Crippen molar-refractivity contribution < 1.29 is 9.15 Å². The minimum Gasteiger partial charge on any atom is -0.481 e. The van der Waals surface area contributed by atoms with Crippen molar-refractivity contribution in [2.45, 2.75) is 32.9 Å². The molecule has 0 spiro atoms. The molecule has 0 saturated carbocycles. The van der Waals surface area contributed by atoms with Gasteiger partial charge < -0.3 is 14.9 Å². The molecule has 0 aliphatic rings. The Bertz CT molecular complexity index is 526.